The normalized spacial score (nSPS) is 12.1. The van der Waals surface area contributed by atoms with Gasteiger partial charge in [0.05, 0.1) is 23.5 Å². The van der Waals surface area contributed by atoms with Crippen LogP contribution in [-0.2, 0) is 9.47 Å². The number of hydrogen-bond donors (Lipinski definition) is 0. The molecule has 1 aliphatic heterocycles. The van der Waals surface area contributed by atoms with Gasteiger partial charge in [0, 0.05) is 37.0 Å². The third-order valence-electron chi connectivity index (χ3n) is 5.44. The van der Waals surface area contributed by atoms with Crippen molar-refractivity contribution in [2.24, 2.45) is 0 Å². The van der Waals surface area contributed by atoms with Gasteiger partial charge in [-0.25, -0.2) is 0 Å². The standard InChI is InChI=1S/C25H29N3O3S/c1-4-5-8-13-28-20-10-6-7-11-21(20)32-22-15-18(16-26)19(17-27)25(24(22)28)31-14-9-12-23(29-2)30-3/h6-7,10-11,15,23H,4-5,8-9,12-14H2,1-3H3. The molecule has 168 valence electrons. The molecule has 7 heteroatoms. The van der Waals surface area contributed by atoms with E-state index in [0.29, 0.717) is 36.3 Å². The molecular formula is C25H29N3O3S. The van der Waals surface area contributed by atoms with E-state index in [1.165, 1.54) is 0 Å². The van der Waals surface area contributed by atoms with E-state index in [0.717, 1.165) is 47.0 Å². The lowest BCUT2D eigenvalue weighted by Crippen LogP contribution is -2.24. The Morgan fingerprint density at radius 1 is 1.03 bits per heavy atom. The number of benzene rings is 2. The topological polar surface area (TPSA) is 78.5 Å². The van der Waals surface area contributed by atoms with Gasteiger partial charge in [0.25, 0.3) is 0 Å². The number of unbranched alkanes of at least 4 members (excludes halogenated alkanes) is 2. The minimum absolute atomic E-state index is 0.290. The maximum absolute atomic E-state index is 9.90. The third kappa shape index (κ3) is 5.19. The molecule has 0 amide bonds. The number of hydrogen-bond acceptors (Lipinski definition) is 7. The number of para-hydroxylation sites is 1. The van der Waals surface area contributed by atoms with Crippen LogP contribution in [0.1, 0.15) is 50.2 Å². The summed E-state index contributed by atoms with van der Waals surface area (Å²) in [6.45, 7) is 3.40. The van der Waals surface area contributed by atoms with Crippen molar-refractivity contribution in [1.82, 2.24) is 0 Å². The van der Waals surface area contributed by atoms with E-state index in [9.17, 15) is 10.5 Å². The van der Waals surface area contributed by atoms with Gasteiger partial charge in [-0.1, -0.05) is 43.7 Å². The van der Waals surface area contributed by atoms with Crippen molar-refractivity contribution >= 4 is 23.1 Å². The average molecular weight is 452 g/mol. The number of ether oxygens (including phenoxy) is 3. The lowest BCUT2D eigenvalue weighted by molar-refractivity contribution is -0.107. The van der Waals surface area contributed by atoms with Crippen LogP contribution in [0.5, 0.6) is 5.75 Å². The van der Waals surface area contributed by atoms with Gasteiger partial charge in [0.1, 0.15) is 17.7 Å². The molecule has 0 fully saturated rings. The molecule has 0 unspecified atom stereocenters. The van der Waals surface area contributed by atoms with Gasteiger partial charge in [0.2, 0.25) is 0 Å². The molecule has 0 atom stereocenters. The van der Waals surface area contributed by atoms with Crippen LogP contribution in [0.4, 0.5) is 11.4 Å². The summed E-state index contributed by atoms with van der Waals surface area (Å²) >= 11 is 1.62. The molecule has 1 heterocycles. The highest BCUT2D eigenvalue weighted by atomic mass is 32.2. The van der Waals surface area contributed by atoms with Gasteiger partial charge in [-0.3, -0.25) is 0 Å². The van der Waals surface area contributed by atoms with Gasteiger partial charge in [-0.05, 0) is 31.0 Å². The fourth-order valence-corrected chi connectivity index (χ4v) is 4.95. The number of methoxy groups -OCH3 is 2. The summed E-state index contributed by atoms with van der Waals surface area (Å²) in [5.74, 6) is 0.492. The predicted molar refractivity (Wildman–Crippen MR) is 126 cm³/mol. The van der Waals surface area contributed by atoms with Crippen molar-refractivity contribution in [1.29, 1.82) is 10.5 Å². The molecule has 0 N–H and O–H groups in total. The van der Waals surface area contributed by atoms with Crippen LogP contribution < -0.4 is 9.64 Å². The third-order valence-corrected chi connectivity index (χ3v) is 6.54. The summed E-state index contributed by atoms with van der Waals surface area (Å²) in [5, 5.41) is 19.6. The minimum atomic E-state index is -0.290. The van der Waals surface area contributed by atoms with Crippen molar-refractivity contribution in [2.75, 3.05) is 32.3 Å². The van der Waals surface area contributed by atoms with Gasteiger partial charge in [-0.2, -0.15) is 10.5 Å². The molecule has 0 saturated heterocycles. The highest BCUT2D eigenvalue weighted by Crippen LogP contribution is 2.53. The van der Waals surface area contributed by atoms with Crippen LogP contribution in [0.2, 0.25) is 0 Å². The Kier molecular flexibility index (Phi) is 8.81. The molecule has 2 aromatic rings. The predicted octanol–water partition coefficient (Wildman–Crippen LogP) is 6.00. The van der Waals surface area contributed by atoms with Crippen LogP contribution in [0.3, 0.4) is 0 Å². The smallest absolute Gasteiger partial charge is 0.163 e. The second-order valence-electron chi connectivity index (χ2n) is 7.52. The Morgan fingerprint density at radius 3 is 2.50 bits per heavy atom. The van der Waals surface area contributed by atoms with Crippen LogP contribution >= 0.6 is 11.8 Å². The Balaban J connectivity index is 2.01. The molecule has 0 radical (unpaired) electrons. The first kappa shape index (κ1) is 23.9. The van der Waals surface area contributed by atoms with E-state index in [2.05, 4.69) is 36.1 Å². The van der Waals surface area contributed by atoms with Crippen molar-refractivity contribution in [3.63, 3.8) is 0 Å². The maximum Gasteiger partial charge on any atom is 0.163 e. The number of rotatable bonds is 11. The summed E-state index contributed by atoms with van der Waals surface area (Å²) in [7, 11) is 3.22. The average Bonchev–Trinajstić information content (AvgIpc) is 2.83. The quantitative estimate of drug-likeness (QED) is 0.306. The fraction of sp³-hybridized carbons (Fsp3) is 0.440. The van der Waals surface area contributed by atoms with E-state index < -0.39 is 0 Å². The molecule has 0 aromatic heterocycles. The SMILES string of the molecule is CCCCCN1c2ccccc2Sc2cc(C#N)c(C#N)c(OCCCC(OC)OC)c21. The first-order valence-corrected chi connectivity index (χ1v) is 11.7. The zero-order valence-electron chi connectivity index (χ0n) is 18.9. The maximum atomic E-state index is 9.90. The molecule has 1 aliphatic rings. The molecule has 0 bridgehead atoms. The first-order chi connectivity index (χ1) is 15.7. The lowest BCUT2D eigenvalue weighted by Gasteiger charge is -2.34. The van der Waals surface area contributed by atoms with E-state index in [1.807, 2.05) is 18.2 Å². The molecular weight excluding hydrogens is 422 g/mol. The largest absolute Gasteiger partial charge is 0.490 e. The Bertz CT molecular complexity index is 1010. The van der Waals surface area contributed by atoms with Gasteiger partial charge in [-0.15, -0.1) is 0 Å². The Morgan fingerprint density at radius 2 is 1.81 bits per heavy atom. The second kappa shape index (κ2) is 11.8. The number of anilines is 2. The van der Waals surface area contributed by atoms with E-state index in [1.54, 1.807) is 26.0 Å². The van der Waals surface area contributed by atoms with E-state index in [-0.39, 0.29) is 6.29 Å². The van der Waals surface area contributed by atoms with Crippen LogP contribution in [0.25, 0.3) is 0 Å². The molecule has 6 nitrogen and oxygen atoms in total. The van der Waals surface area contributed by atoms with Crippen LogP contribution in [0.15, 0.2) is 40.1 Å². The zero-order chi connectivity index (χ0) is 22.9. The minimum Gasteiger partial charge on any atom is -0.490 e. The van der Waals surface area contributed by atoms with Crippen LogP contribution in [0, 0.1) is 22.7 Å². The number of nitriles is 2. The Labute approximate surface area is 194 Å². The summed E-state index contributed by atoms with van der Waals surface area (Å²) in [6.07, 6.45) is 4.35. The lowest BCUT2D eigenvalue weighted by atomic mass is 10.0. The molecule has 2 aromatic carbocycles. The molecule has 0 aliphatic carbocycles. The van der Waals surface area contributed by atoms with Crippen molar-refractivity contribution in [2.45, 2.75) is 55.1 Å². The molecule has 32 heavy (non-hydrogen) atoms. The van der Waals surface area contributed by atoms with Crippen molar-refractivity contribution in [3.8, 4) is 17.9 Å². The zero-order valence-corrected chi connectivity index (χ0v) is 19.7. The van der Waals surface area contributed by atoms with E-state index in [4.69, 9.17) is 14.2 Å². The van der Waals surface area contributed by atoms with E-state index >= 15 is 0 Å². The van der Waals surface area contributed by atoms with Gasteiger partial charge >= 0.3 is 0 Å². The van der Waals surface area contributed by atoms with Crippen molar-refractivity contribution in [3.05, 3.63) is 41.5 Å². The number of nitrogens with zero attached hydrogens (tertiary/aromatic N) is 3. The van der Waals surface area contributed by atoms with Crippen LogP contribution in [-0.4, -0.2) is 33.7 Å². The first-order valence-electron chi connectivity index (χ1n) is 10.9. The molecule has 0 saturated carbocycles. The highest BCUT2D eigenvalue weighted by Gasteiger charge is 2.30. The highest BCUT2D eigenvalue weighted by molar-refractivity contribution is 7.99. The number of fused-ring (bicyclic) bond motifs is 2. The molecule has 0 spiro atoms. The Hall–Kier alpha value is -2.71. The van der Waals surface area contributed by atoms with Gasteiger partial charge in [0.15, 0.2) is 12.0 Å². The van der Waals surface area contributed by atoms with Crippen molar-refractivity contribution < 1.29 is 14.2 Å². The molecule has 3 rings (SSSR count). The summed E-state index contributed by atoms with van der Waals surface area (Å²) < 4.78 is 16.7. The van der Waals surface area contributed by atoms with Gasteiger partial charge < -0.3 is 19.1 Å². The fourth-order valence-electron chi connectivity index (χ4n) is 3.81. The summed E-state index contributed by atoms with van der Waals surface area (Å²) in [5.41, 5.74) is 2.63. The monoisotopic (exact) mass is 451 g/mol. The summed E-state index contributed by atoms with van der Waals surface area (Å²) in [4.78, 5) is 4.33. The summed E-state index contributed by atoms with van der Waals surface area (Å²) in [6, 6.07) is 14.5. The second-order valence-corrected chi connectivity index (χ2v) is 8.60.